The minimum atomic E-state index is -4.16. The zero-order chi connectivity index (χ0) is 10.1. The van der Waals surface area contributed by atoms with Gasteiger partial charge in [-0.15, -0.1) is 0 Å². The maximum absolute atomic E-state index is 10.5. The van der Waals surface area contributed by atoms with Gasteiger partial charge in [0.2, 0.25) is 0 Å². The molecule has 4 nitrogen and oxygen atoms in total. The number of nitrogens with one attached hydrogen (secondary N) is 1. The van der Waals surface area contributed by atoms with Crippen molar-refractivity contribution in [3.05, 3.63) is 29.3 Å². The average molecular weight is 225 g/mol. The van der Waals surface area contributed by atoms with Crippen molar-refractivity contribution in [2.24, 2.45) is 0 Å². The fourth-order valence-corrected chi connectivity index (χ4v) is 1.60. The van der Waals surface area contributed by atoms with Crippen molar-refractivity contribution in [3.63, 3.8) is 0 Å². The Balaban J connectivity index is 0.00000169. The topological polar surface area (TPSA) is 66.4 Å². The van der Waals surface area contributed by atoms with E-state index in [1.54, 1.807) is 12.1 Å². The van der Waals surface area contributed by atoms with Crippen LogP contribution in [0.2, 0.25) is 0 Å². The molecule has 1 aromatic carbocycles. The first-order valence-corrected chi connectivity index (χ1v) is 5.14. The third kappa shape index (κ3) is 4.97. The van der Waals surface area contributed by atoms with E-state index in [1.807, 2.05) is 24.6 Å². The molecule has 14 heavy (non-hydrogen) atoms. The molecule has 1 aromatic rings. The molecule has 0 radical (unpaired) electrons. The van der Waals surface area contributed by atoms with Gasteiger partial charge in [0.15, 0.2) is 0 Å². The van der Waals surface area contributed by atoms with Crippen molar-refractivity contribution in [2.75, 3.05) is 4.72 Å². The van der Waals surface area contributed by atoms with Crippen LogP contribution in [0.1, 0.15) is 11.1 Å². The first kappa shape index (κ1) is 13.9. The summed E-state index contributed by atoms with van der Waals surface area (Å²) < 4.78 is 31.4. The predicted molar refractivity (Wildman–Crippen MR) is 58.2 cm³/mol. The molecule has 0 bridgehead atoms. The Morgan fingerprint density at radius 3 is 1.93 bits per heavy atom. The minimum absolute atomic E-state index is 0. The Morgan fingerprint density at radius 2 is 1.57 bits per heavy atom. The number of hydrogen-bond donors (Lipinski definition) is 2. The summed E-state index contributed by atoms with van der Waals surface area (Å²) in [5.41, 5.74) is 2.25. The van der Waals surface area contributed by atoms with E-state index in [-0.39, 0.29) is 29.6 Å². The molecule has 0 aliphatic rings. The Bertz CT molecular complexity index is 396. The molecular formula is C8H12NNaO3S. The van der Waals surface area contributed by atoms with Crippen LogP contribution in [0.25, 0.3) is 0 Å². The first-order valence-electron chi connectivity index (χ1n) is 3.70. The fourth-order valence-electron chi connectivity index (χ4n) is 1.18. The maximum atomic E-state index is 10.5. The summed E-state index contributed by atoms with van der Waals surface area (Å²) >= 11 is 0. The van der Waals surface area contributed by atoms with E-state index >= 15 is 0 Å². The van der Waals surface area contributed by atoms with Gasteiger partial charge in [-0.2, -0.15) is 8.42 Å². The van der Waals surface area contributed by atoms with Crippen molar-refractivity contribution in [2.45, 2.75) is 13.8 Å². The molecule has 0 amide bonds. The van der Waals surface area contributed by atoms with Gasteiger partial charge in [0.05, 0.1) is 5.69 Å². The number of aryl methyl sites for hydroxylation is 2. The predicted octanol–water partition coefficient (Wildman–Crippen LogP) is 0.870. The summed E-state index contributed by atoms with van der Waals surface area (Å²) in [6.45, 7) is 3.70. The molecule has 74 valence electrons. The second kappa shape index (κ2) is 5.14. The van der Waals surface area contributed by atoms with Gasteiger partial charge in [-0.1, -0.05) is 6.07 Å². The molecule has 0 heterocycles. The third-order valence-corrected chi connectivity index (χ3v) is 1.96. The third-order valence-electron chi connectivity index (χ3n) is 1.47. The monoisotopic (exact) mass is 225 g/mol. The SMILES string of the molecule is Cc1cc(C)cc(NS(=O)(=O)O)c1.[NaH]. The van der Waals surface area contributed by atoms with Crippen molar-refractivity contribution >= 4 is 45.5 Å². The van der Waals surface area contributed by atoms with E-state index in [0.29, 0.717) is 5.69 Å². The molecule has 0 atom stereocenters. The van der Waals surface area contributed by atoms with Gasteiger partial charge in [-0.3, -0.25) is 9.27 Å². The van der Waals surface area contributed by atoms with Crippen LogP contribution >= 0.6 is 0 Å². The summed E-state index contributed by atoms with van der Waals surface area (Å²) in [6.07, 6.45) is 0. The zero-order valence-corrected chi connectivity index (χ0v) is 8.22. The number of rotatable bonds is 2. The Hall–Kier alpha value is -0.0700. The second-order valence-electron chi connectivity index (χ2n) is 2.95. The van der Waals surface area contributed by atoms with Crippen molar-refractivity contribution in [1.29, 1.82) is 0 Å². The molecule has 6 heteroatoms. The summed E-state index contributed by atoms with van der Waals surface area (Å²) in [5.74, 6) is 0. The van der Waals surface area contributed by atoms with Crippen LogP contribution in [-0.2, 0) is 10.3 Å². The number of anilines is 1. The summed E-state index contributed by atoms with van der Waals surface area (Å²) in [4.78, 5) is 0. The summed E-state index contributed by atoms with van der Waals surface area (Å²) in [7, 11) is -4.16. The van der Waals surface area contributed by atoms with Gasteiger partial charge < -0.3 is 0 Å². The molecule has 0 aliphatic heterocycles. The van der Waals surface area contributed by atoms with Crippen LogP contribution in [0.4, 0.5) is 5.69 Å². The molecule has 1 rings (SSSR count). The first-order chi connectivity index (χ1) is 5.87. The molecule has 0 aromatic heterocycles. The quantitative estimate of drug-likeness (QED) is 0.579. The Morgan fingerprint density at radius 1 is 1.14 bits per heavy atom. The standard InChI is InChI=1S/C8H11NO3S.Na.H/c1-6-3-7(2)5-8(4-6)9-13(10,11)12;;/h3-5,9H,1-2H3,(H,10,11,12);;. The van der Waals surface area contributed by atoms with Gasteiger partial charge in [0, 0.05) is 0 Å². The number of benzene rings is 1. The fraction of sp³-hybridized carbons (Fsp3) is 0.250. The molecule has 0 saturated carbocycles. The van der Waals surface area contributed by atoms with E-state index in [0.717, 1.165) is 11.1 Å². The zero-order valence-electron chi connectivity index (χ0n) is 7.40. The van der Waals surface area contributed by atoms with Gasteiger partial charge in [0.1, 0.15) is 0 Å². The van der Waals surface area contributed by atoms with Crippen molar-refractivity contribution < 1.29 is 13.0 Å². The molecule has 2 N–H and O–H groups in total. The van der Waals surface area contributed by atoms with E-state index in [1.165, 1.54) is 0 Å². The van der Waals surface area contributed by atoms with Crippen molar-refractivity contribution in [3.8, 4) is 0 Å². The molecular weight excluding hydrogens is 213 g/mol. The Labute approximate surface area is 106 Å². The van der Waals surface area contributed by atoms with Crippen LogP contribution in [0.15, 0.2) is 18.2 Å². The van der Waals surface area contributed by atoms with E-state index < -0.39 is 10.3 Å². The van der Waals surface area contributed by atoms with Crippen LogP contribution in [0.3, 0.4) is 0 Å². The molecule has 0 unspecified atom stereocenters. The normalized spacial score (nSPS) is 10.5. The van der Waals surface area contributed by atoms with Crippen LogP contribution in [0, 0.1) is 13.8 Å². The van der Waals surface area contributed by atoms with E-state index in [9.17, 15) is 8.42 Å². The van der Waals surface area contributed by atoms with E-state index in [4.69, 9.17) is 4.55 Å². The van der Waals surface area contributed by atoms with Crippen LogP contribution in [0.5, 0.6) is 0 Å². The molecule has 0 spiro atoms. The van der Waals surface area contributed by atoms with Gasteiger partial charge in [-0.25, -0.2) is 0 Å². The van der Waals surface area contributed by atoms with Gasteiger partial charge in [0.25, 0.3) is 0 Å². The van der Waals surface area contributed by atoms with Crippen molar-refractivity contribution in [1.82, 2.24) is 0 Å². The molecule has 0 aliphatic carbocycles. The van der Waals surface area contributed by atoms with Crippen LogP contribution in [-0.4, -0.2) is 42.5 Å². The Kier molecular flexibility index (Phi) is 5.11. The summed E-state index contributed by atoms with van der Waals surface area (Å²) in [6, 6.07) is 5.19. The van der Waals surface area contributed by atoms with Crippen LogP contribution < -0.4 is 4.72 Å². The average Bonchev–Trinajstić information content (AvgIpc) is 1.78. The van der Waals surface area contributed by atoms with Gasteiger partial charge in [-0.05, 0) is 37.1 Å². The molecule has 0 fully saturated rings. The number of hydrogen-bond acceptors (Lipinski definition) is 2. The summed E-state index contributed by atoms with van der Waals surface area (Å²) in [5, 5.41) is 0. The molecule has 0 saturated heterocycles. The van der Waals surface area contributed by atoms with Gasteiger partial charge >= 0.3 is 39.9 Å². The second-order valence-corrected chi connectivity index (χ2v) is 4.11. The van der Waals surface area contributed by atoms with E-state index in [2.05, 4.69) is 0 Å².